The van der Waals surface area contributed by atoms with Crippen molar-refractivity contribution >= 4 is 27.8 Å². The lowest BCUT2D eigenvalue weighted by atomic mass is 10.2. The van der Waals surface area contributed by atoms with E-state index in [0.717, 1.165) is 31.5 Å². The molecule has 0 saturated heterocycles. The molecule has 0 fully saturated rings. The molecule has 118 valence electrons. The first-order chi connectivity index (χ1) is 9.79. The van der Waals surface area contributed by atoms with Crippen molar-refractivity contribution in [2.45, 2.75) is 23.6 Å². The van der Waals surface area contributed by atoms with E-state index in [4.69, 9.17) is 5.14 Å². The molecule has 0 heterocycles. The van der Waals surface area contributed by atoms with Crippen LogP contribution in [-0.2, 0) is 10.0 Å². The van der Waals surface area contributed by atoms with Crippen LogP contribution in [0.4, 0.5) is 0 Å². The zero-order valence-corrected chi connectivity index (χ0v) is 13.7. The number of rotatable bonds is 8. The Morgan fingerprint density at radius 2 is 1.95 bits per heavy atom. The Balaban J connectivity index is 2.90. The minimum absolute atomic E-state index is 0.0360. The van der Waals surface area contributed by atoms with Gasteiger partial charge in [0.15, 0.2) is 0 Å². The number of nitrogens with zero attached hydrogens (tertiary/aromatic N) is 1. The third-order valence-corrected chi connectivity index (χ3v) is 5.03. The highest BCUT2D eigenvalue weighted by molar-refractivity contribution is 7.99. The second-order valence-electron chi connectivity index (χ2n) is 4.38. The summed E-state index contributed by atoms with van der Waals surface area (Å²) < 4.78 is 22.5. The van der Waals surface area contributed by atoms with Crippen LogP contribution in [0.3, 0.4) is 0 Å². The molecule has 0 aliphatic rings. The average Bonchev–Trinajstić information content (AvgIpc) is 2.42. The predicted molar refractivity (Wildman–Crippen MR) is 83.3 cm³/mol. The van der Waals surface area contributed by atoms with Crippen LogP contribution in [0.15, 0.2) is 28.0 Å². The SMILES string of the molecule is CCN(CC)CCSc1ccc(S(N)(=O)=O)cc1C(=O)O. The summed E-state index contributed by atoms with van der Waals surface area (Å²) in [5, 5.41) is 14.2. The molecular formula is C13H20N2O4S2. The highest BCUT2D eigenvalue weighted by Crippen LogP contribution is 2.25. The van der Waals surface area contributed by atoms with Gasteiger partial charge in [-0.05, 0) is 31.3 Å². The minimum atomic E-state index is -3.90. The van der Waals surface area contributed by atoms with E-state index < -0.39 is 16.0 Å². The largest absolute Gasteiger partial charge is 0.478 e. The van der Waals surface area contributed by atoms with E-state index in [1.54, 1.807) is 0 Å². The fraction of sp³-hybridized carbons (Fsp3) is 0.462. The molecule has 1 aromatic carbocycles. The van der Waals surface area contributed by atoms with Gasteiger partial charge in [-0.15, -0.1) is 11.8 Å². The lowest BCUT2D eigenvalue weighted by Crippen LogP contribution is -2.25. The molecule has 0 amide bonds. The highest BCUT2D eigenvalue weighted by atomic mass is 32.2. The van der Waals surface area contributed by atoms with Crippen molar-refractivity contribution in [1.29, 1.82) is 0 Å². The number of primary sulfonamides is 1. The first kappa shape index (κ1) is 18.0. The van der Waals surface area contributed by atoms with Gasteiger partial charge in [-0.3, -0.25) is 0 Å². The summed E-state index contributed by atoms with van der Waals surface area (Å²) in [6, 6.07) is 3.94. The minimum Gasteiger partial charge on any atom is -0.478 e. The number of nitrogens with two attached hydrogens (primary N) is 1. The third-order valence-electron chi connectivity index (χ3n) is 3.07. The zero-order valence-electron chi connectivity index (χ0n) is 12.1. The van der Waals surface area contributed by atoms with Crippen LogP contribution in [-0.4, -0.2) is 49.8 Å². The van der Waals surface area contributed by atoms with Crippen molar-refractivity contribution in [3.05, 3.63) is 23.8 Å². The Labute approximate surface area is 129 Å². The van der Waals surface area contributed by atoms with Crippen LogP contribution < -0.4 is 5.14 Å². The van der Waals surface area contributed by atoms with Crippen LogP contribution in [0.5, 0.6) is 0 Å². The van der Waals surface area contributed by atoms with Gasteiger partial charge in [0, 0.05) is 17.2 Å². The van der Waals surface area contributed by atoms with E-state index in [1.165, 1.54) is 23.9 Å². The maximum absolute atomic E-state index is 11.3. The lowest BCUT2D eigenvalue weighted by molar-refractivity contribution is 0.0693. The molecule has 0 bridgehead atoms. The second kappa shape index (κ2) is 7.79. The van der Waals surface area contributed by atoms with Crippen LogP contribution in [0.2, 0.25) is 0 Å². The van der Waals surface area contributed by atoms with E-state index in [1.807, 2.05) is 0 Å². The maximum Gasteiger partial charge on any atom is 0.336 e. The Morgan fingerprint density at radius 1 is 1.33 bits per heavy atom. The summed E-state index contributed by atoms with van der Waals surface area (Å²) in [6.45, 7) is 6.85. The van der Waals surface area contributed by atoms with Crippen molar-refractivity contribution < 1.29 is 18.3 Å². The Bertz CT molecular complexity index is 598. The van der Waals surface area contributed by atoms with Crippen molar-refractivity contribution in [2.24, 2.45) is 5.14 Å². The molecule has 0 unspecified atom stereocenters. The molecule has 0 aromatic heterocycles. The topological polar surface area (TPSA) is 101 Å². The standard InChI is InChI=1S/C13H20N2O4S2/c1-3-15(4-2)7-8-20-12-6-5-10(21(14,18)19)9-11(12)13(16)17/h5-6,9H,3-4,7-8H2,1-2H3,(H,16,17)(H2,14,18,19). The molecule has 0 radical (unpaired) electrons. The van der Waals surface area contributed by atoms with E-state index in [2.05, 4.69) is 18.7 Å². The zero-order chi connectivity index (χ0) is 16.0. The number of hydrogen-bond acceptors (Lipinski definition) is 5. The number of carboxylic acid groups (broad SMARTS) is 1. The molecule has 8 heteroatoms. The summed E-state index contributed by atoms with van der Waals surface area (Å²) in [5.74, 6) is -0.428. The molecule has 0 aliphatic heterocycles. The summed E-state index contributed by atoms with van der Waals surface area (Å²) in [5.41, 5.74) is -0.0360. The second-order valence-corrected chi connectivity index (χ2v) is 7.08. The summed E-state index contributed by atoms with van der Waals surface area (Å²) in [4.78, 5) is 13.8. The molecule has 0 spiro atoms. The van der Waals surface area contributed by atoms with Crippen molar-refractivity contribution in [3.8, 4) is 0 Å². The van der Waals surface area contributed by atoms with Gasteiger partial charge in [0.1, 0.15) is 0 Å². The Morgan fingerprint density at radius 3 is 2.43 bits per heavy atom. The molecular weight excluding hydrogens is 312 g/mol. The molecule has 21 heavy (non-hydrogen) atoms. The lowest BCUT2D eigenvalue weighted by Gasteiger charge is -2.17. The molecule has 1 aromatic rings. The van der Waals surface area contributed by atoms with Crippen molar-refractivity contribution in [2.75, 3.05) is 25.4 Å². The van der Waals surface area contributed by atoms with Gasteiger partial charge in [0.05, 0.1) is 10.5 Å². The molecule has 3 N–H and O–H groups in total. The van der Waals surface area contributed by atoms with Gasteiger partial charge in [0.25, 0.3) is 0 Å². The number of sulfonamides is 1. The summed E-state index contributed by atoms with van der Waals surface area (Å²) in [7, 11) is -3.90. The summed E-state index contributed by atoms with van der Waals surface area (Å²) in [6.07, 6.45) is 0. The number of carbonyl (C=O) groups is 1. The Hall–Kier alpha value is -1.09. The van der Waals surface area contributed by atoms with E-state index >= 15 is 0 Å². The quantitative estimate of drug-likeness (QED) is 0.699. The molecule has 0 saturated carbocycles. The molecule has 0 aliphatic carbocycles. The van der Waals surface area contributed by atoms with Gasteiger partial charge in [-0.25, -0.2) is 18.4 Å². The molecule has 6 nitrogen and oxygen atoms in total. The maximum atomic E-state index is 11.3. The first-order valence-electron chi connectivity index (χ1n) is 6.54. The number of carboxylic acids is 1. The number of benzene rings is 1. The van der Waals surface area contributed by atoms with Crippen LogP contribution in [0, 0.1) is 0 Å². The van der Waals surface area contributed by atoms with Gasteiger partial charge in [-0.2, -0.15) is 0 Å². The predicted octanol–water partition coefficient (Wildman–Crippen LogP) is 1.47. The molecule has 1 rings (SSSR count). The summed E-state index contributed by atoms with van der Waals surface area (Å²) >= 11 is 1.40. The fourth-order valence-electron chi connectivity index (χ4n) is 1.80. The van der Waals surface area contributed by atoms with Gasteiger partial charge in [0.2, 0.25) is 10.0 Å². The van der Waals surface area contributed by atoms with Crippen LogP contribution >= 0.6 is 11.8 Å². The van der Waals surface area contributed by atoms with Gasteiger partial charge < -0.3 is 10.0 Å². The molecule has 0 atom stereocenters. The average molecular weight is 332 g/mol. The smallest absolute Gasteiger partial charge is 0.336 e. The third kappa shape index (κ3) is 5.31. The van der Waals surface area contributed by atoms with E-state index in [-0.39, 0.29) is 10.5 Å². The van der Waals surface area contributed by atoms with Gasteiger partial charge in [-0.1, -0.05) is 13.8 Å². The fourth-order valence-corrected chi connectivity index (χ4v) is 3.38. The number of aromatic carboxylic acids is 1. The van der Waals surface area contributed by atoms with Crippen LogP contribution in [0.1, 0.15) is 24.2 Å². The van der Waals surface area contributed by atoms with E-state index in [9.17, 15) is 18.3 Å². The Kier molecular flexibility index (Phi) is 6.66. The monoisotopic (exact) mass is 332 g/mol. The van der Waals surface area contributed by atoms with Gasteiger partial charge >= 0.3 is 5.97 Å². The highest BCUT2D eigenvalue weighted by Gasteiger charge is 2.16. The van der Waals surface area contributed by atoms with Crippen molar-refractivity contribution in [1.82, 2.24) is 4.90 Å². The van der Waals surface area contributed by atoms with Crippen molar-refractivity contribution in [3.63, 3.8) is 0 Å². The van der Waals surface area contributed by atoms with E-state index in [0.29, 0.717) is 4.90 Å². The normalized spacial score (nSPS) is 11.8. The number of thioether (sulfide) groups is 1. The number of hydrogen-bond donors (Lipinski definition) is 2. The van der Waals surface area contributed by atoms with Crippen LogP contribution in [0.25, 0.3) is 0 Å². The first-order valence-corrected chi connectivity index (χ1v) is 9.08.